The molecular weight excluding hydrogens is 380 g/mol. The number of aromatic amines is 1. The minimum absolute atomic E-state index is 0.0634. The number of hydrogen-bond acceptors (Lipinski definition) is 4. The van der Waals surface area contributed by atoms with Crippen LogP contribution in [0.3, 0.4) is 0 Å². The summed E-state index contributed by atoms with van der Waals surface area (Å²) in [4.78, 5) is 21.8. The van der Waals surface area contributed by atoms with Crippen LogP contribution in [0.25, 0.3) is 11.0 Å². The molecule has 2 aliphatic rings. The van der Waals surface area contributed by atoms with Crippen LogP contribution in [0.1, 0.15) is 36.0 Å². The van der Waals surface area contributed by atoms with Gasteiger partial charge in [0.25, 0.3) is 5.91 Å². The molecule has 1 aliphatic heterocycles. The predicted molar refractivity (Wildman–Crippen MR) is 94.9 cm³/mol. The zero-order valence-electron chi connectivity index (χ0n) is 14.5. The molecule has 1 amide bonds. The third-order valence-electron chi connectivity index (χ3n) is 5.45. The number of rotatable bonds is 4. The van der Waals surface area contributed by atoms with Crippen molar-refractivity contribution in [1.82, 2.24) is 14.9 Å². The zero-order valence-corrected chi connectivity index (χ0v) is 15.3. The first-order valence-electron chi connectivity index (χ1n) is 8.87. The predicted octanol–water partition coefficient (Wildman–Crippen LogP) is 2.91. The average molecular weight is 400 g/mol. The van der Waals surface area contributed by atoms with Crippen LogP contribution in [0.15, 0.2) is 24.5 Å². The lowest BCUT2D eigenvalue weighted by molar-refractivity contribution is -0.131. The van der Waals surface area contributed by atoms with Gasteiger partial charge in [-0.2, -0.15) is 0 Å². The molecule has 6 nitrogen and oxygen atoms in total. The molecule has 3 heterocycles. The highest BCUT2D eigenvalue weighted by atomic mass is 35.5. The summed E-state index contributed by atoms with van der Waals surface area (Å²) < 4.78 is 32.2. The fourth-order valence-electron chi connectivity index (χ4n) is 3.67. The number of amides is 1. The molecule has 2 fully saturated rings. The van der Waals surface area contributed by atoms with Gasteiger partial charge in [0.15, 0.2) is 5.56 Å². The zero-order chi connectivity index (χ0) is 19.2. The second-order valence-electron chi connectivity index (χ2n) is 7.37. The summed E-state index contributed by atoms with van der Waals surface area (Å²) >= 11 is 6.10. The van der Waals surface area contributed by atoms with Crippen LogP contribution in [0, 0.1) is 0 Å². The first-order chi connectivity index (χ1) is 12.8. The van der Waals surface area contributed by atoms with Gasteiger partial charge in [0, 0.05) is 30.6 Å². The second-order valence-corrected chi connectivity index (χ2v) is 7.80. The number of ether oxygens (including phenoxy) is 1. The van der Waals surface area contributed by atoms with Crippen LogP contribution in [0.2, 0.25) is 0 Å². The Bertz CT molecular complexity index is 849. The van der Waals surface area contributed by atoms with E-state index in [1.54, 1.807) is 24.5 Å². The first-order valence-corrected chi connectivity index (χ1v) is 9.31. The molecule has 0 radical (unpaired) electrons. The van der Waals surface area contributed by atoms with E-state index < -0.39 is 36.0 Å². The van der Waals surface area contributed by atoms with Gasteiger partial charge in [0.2, 0.25) is 5.92 Å². The van der Waals surface area contributed by atoms with Gasteiger partial charge in [-0.3, -0.25) is 4.79 Å². The minimum atomic E-state index is -2.77. The van der Waals surface area contributed by atoms with E-state index in [1.165, 1.54) is 4.90 Å². The molecule has 1 saturated heterocycles. The summed E-state index contributed by atoms with van der Waals surface area (Å²) in [5.74, 6) is -3.10. The summed E-state index contributed by atoms with van der Waals surface area (Å²) in [6, 6.07) is 3.08. The van der Waals surface area contributed by atoms with Crippen molar-refractivity contribution >= 4 is 28.5 Å². The van der Waals surface area contributed by atoms with Crippen LogP contribution in [0.4, 0.5) is 8.78 Å². The van der Waals surface area contributed by atoms with Crippen molar-refractivity contribution in [3.05, 3.63) is 30.1 Å². The quantitative estimate of drug-likeness (QED) is 0.775. The monoisotopic (exact) mass is 399 g/mol. The molecule has 0 spiro atoms. The van der Waals surface area contributed by atoms with Gasteiger partial charge in [0.05, 0.1) is 30.4 Å². The number of halogens is 3. The Balaban J connectivity index is 1.61. The fraction of sp³-hybridized carbons (Fsp3) is 0.556. The minimum Gasteiger partial charge on any atom is -0.388 e. The van der Waals surface area contributed by atoms with Crippen LogP contribution in [-0.2, 0) is 4.74 Å². The third-order valence-corrected chi connectivity index (χ3v) is 5.87. The van der Waals surface area contributed by atoms with Crippen molar-refractivity contribution in [3.8, 4) is 0 Å². The van der Waals surface area contributed by atoms with Crippen molar-refractivity contribution in [2.24, 2.45) is 0 Å². The Morgan fingerprint density at radius 3 is 2.78 bits per heavy atom. The Hall–Kier alpha value is -1.77. The Kier molecular flexibility index (Phi) is 4.60. The molecule has 1 aliphatic carbocycles. The van der Waals surface area contributed by atoms with Crippen LogP contribution < -0.4 is 0 Å². The largest absolute Gasteiger partial charge is 0.388 e. The van der Waals surface area contributed by atoms with Crippen molar-refractivity contribution in [1.29, 1.82) is 0 Å². The second kappa shape index (κ2) is 6.68. The van der Waals surface area contributed by atoms with Gasteiger partial charge < -0.3 is 19.7 Å². The average Bonchev–Trinajstić information content (AvgIpc) is 3.06. The number of alkyl halides is 3. The number of hydrogen-bond donors (Lipinski definition) is 2. The number of nitrogens with one attached hydrogen (secondary N) is 1. The molecule has 2 N–H and O–H groups in total. The van der Waals surface area contributed by atoms with E-state index in [0.29, 0.717) is 16.6 Å². The summed E-state index contributed by atoms with van der Waals surface area (Å²) in [6.07, 6.45) is 2.25. The molecule has 0 bridgehead atoms. The van der Waals surface area contributed by atoms with Crippen molar-refractivity contribution in [2.45, 2.75) is 48.8 Å². The maximum Gasteiger partial charge on any atom is 0.256 e. The lowest BCUT2D eigenvalue weighted by Crippen LogP contribution is -2.60. The number of aliphatic hydroxyl groups is 1. The van der Waals surface area contributed by atoms with Crippen molar-refractivity contribution in [3.63, 3.8) is 0 Å². The van der Waals surface area contributed by atoms with Crippen molar-refractivity contribution in [2.75, 3.05) is 13.2 Å². The number of nitrogens with zero attached hydrogens (tertiary/aromatic N) is 2. The van der Waals surface area contributed by atoms with Gasteiger partial charge >= 0.3 is 0 Å². The topological polar surface area (TPSA) is 78.5 Å². The lowest BCUT2D eigenvalue weighted by atomic mass is 9.82. The number of fused-ring (bicyclic) bond motifs is 1. The molecule has 9 heteroatoms. The molecule has 146 valence electrons. The normalized spacial score (nSPS) is 26.5. The molecule has 2 aromatic rings. The highest BCUT2D eigenvalue weighted by Crippen LogP contribution is 2.40. The fourth-order valence-corrected chi connectivity index (χ4v) is 3.95. The highest BCUT2D eigenvalue weighted by molar-refractivity contribution is 6.21. The van der Waals surface area contributed by atoms with Crippen molar-refractivity contribution < 1.29 is 23.4 Å². The summed E-state index contributed by atoms with van der Waals surface area (Å²) in [6.45, 7) is 0.179. The highest BCUT2D eigenvalue weighted by Gasteiger charge is 2.47. The molecule has 4 rings (SSSR count). The molecule has 27 heavy (non-hydrogen) atoms. The van der Waals surface area contributed by atoms with E-state index in [1.807, 2.05) is 0 Å². The van der Waals surface area contributed by atoms with Gasteiger partial charge in [-0.05, 0) is 25.0 Å². The van der Waals surface area contributed by atoms with E-state index in [0.717, 1.165) is 0 Å². The molecule has 1 saturated carbocycles. The van der Waals surface area contributed by atoms with E-state index in [9.17, 15) is 18.7 Å². The molecule has 2 aromatic heterocycles. The third kappa shape index (κ3) is 3.53. The van der Waals surface area contributed by atoms with Crippen LogP contribution in [-0.4, -0.2) is 62.2 Å². The molecule has 2 atom stereocenters. The lowest BCUT2D eigenvalue weighted by Gasteiger charge is -2.46. The SMILES string of the molecule is O=C(c1c[nH]c2ncccc12)N(CC1(O)CCC(F)(F)CC1)C1COC1Cl. The van der Waals surface area contributed by atoms with Gasteiger partial charge in [-0.25, -0.2) is 13.8 Å². The maximum absolute atomic E-state index is 13.5. The molecular formula is C18H20ClF2N3O3. The van der Waals surface area contributed by atoms with E-state index in [-0.39, 0.29) is 31.9 Å². The number of carbonyl (C=O) groups excluding carboxylic acids is 1. The Morgan fingerprint density at radius 1 is 1.41 bits per heavy atom. The molecule has 0 aromatic carbocycles. The van der Waals surface area contributed by atoms with E-state index >= 15 is 0 Å². The summed E-state index contributed by atoms with van der Waals surface area (Å²) in [5.41, 5.74) is -1.08. The number of carbonyl (C=O) groups is 1. The summed E-state index contributed by atoms with van der Waals surface area (Å²) in [5, 5.41) is 11.5. The van der Waals surface area contributed by atoms with Crippen LogP contribution in [0.5, 0.6) is 0 Å². The number of aromatic nitrogens is 2. The van der Waals surface area contributed by atoms with Crippen LogP contribution >= 0.6 is 11.6 Å². The van der Waals surface area contributed by atoms with Gasteiger partial charge in [-0.1, -0.05) is 11.6 Å². The Morgan fingerprint density at radius 2 is 2.15 bits per heavy atom. The van der Waals surface area contributed by atoms with E-state index in [2.05, 4.69) is 9.97 Å². The smallest absolute Gasteiger partial charge is 0.256 e. The van der Waals surface area contributed by atoms with Gasteiger partial charge in [0.1, 0.15) is 5.65 Å². The Labute approximate surface area is 159 Å². The first kappa shape index (κ1) is 18.6. The standard InChI is InChI=1S/C18H20ClF2N3O3/c19-14-13(9-27-14)24(10-17(26)3-5-18(20,21)6-4-17)16(25)12-8-23-15-11(12)2-1-7-22-15/h1-2,7-8,13-14,26H,3-6,9-10H2,(H,22,23). The van der Waals surface area contributed by atoms with E-state index in [4.69, 9.17) is 16.3 Å². The summed E-state index contributed by atoms with van der Waals surface area (Å²) in [7, 11) is 0. The van der Waals surface area contributed by atoms with Gasteiger partial charge in [-0.15, -0.1) is 0 Å². The number of pyridine rings is 1. The number of H-pyrrole nitrogens is 1. The molecule has 2 unspecified atom stereocenters. The maximum atomic E-state index is 13.5.